The first kappa shape index (κ1) is 10.9. The molecule has 0 saturated heterocycles. The van der Waals surface area contributed by atoms with Crippen molar-refractivity contribution in [2.45, 2.75) is 19.3 Å². The normalized spacial score (nSPS) is 20.1. The van der Waals surface area contributed by atoms with Crippen molar-refractivity contribution in [2.24, 2.45) is 5.92 Å². The highest BCUT2D eigenvalue weighted by atomic mass is 19.2. The molecule has 1 aromatic rings. The minimum atomic E-state index is -1.03. The molecule has 1 aromatic carbocycles. The van der Waals surface area contributed by atoms with Crippen molar-refractivity contribution in [2.75, 3.05) is 0 Å². The van der Waals surface area contributed by atoms with E-state index in [0.29, 0.717) is 12.8 Å². The molecular formula is C12H10F2O2. The van der Waals surface area contributed by atoms with Gasteiger partial charge in [0.15, 0.2) is 17.4 Å². The van der Waals surface area contributed by atoms with Crippen LogP contribution in [-0.4, -0.2) is 11.6 Å². The Hall–Kier alpha value is -1.58. The van der Waals surface area contributed by atoms with E-state index >= 15 is 0 Å². The van der Waals surface area contributed by atoms with Crippen LogP contribution in [0.15, 0.2) is 18.2 Å². The molecule has 16 heavy (non-hydrogen) atoms. The van der Waals surface area contributed by atoms with Gasteiger partial charge in [0.25, 0.3) is 0 Å². The third-order valence-electron chi connectivity index (χ3n) is 2.82. The van der Waals surface area contributed by atoms with Gasteiger partial charge in [-0.05, 0) is 24.6 Å². The maximum atomic E-state index is 12.9. The lowest BCUT2D eigenvalue weighted by Crippen LogP contribution is -2.12. The smallest absolute Gasteiger partial charge is 0.166 e. The van der Waals surface area contributed by atoms with Crippen LogP contribution >= 0.6 is 0 Å². The third kappa shape index (κ3) is 2.01. The molecule has 0 radical (unpaired) electrons. The van der Waals surface area contributed by atoms with Crippen molar-refractivity contribution < 1.29 is 18.4 Å². The van der Waals surface area contributed by atoms with Crippen molar-refractivity contribution in [3.63, 3.8) is 0 Å². The Kier molecular flexibility index (Phi) is 2.81. The van der Waals surface area contributed by atoms with E-state index < -0.39 is 11.6 Å². The lowest BCUT2D eigenvalue weighted by molar-refractivity contribution is -0.117. The molecule has 2 rings (SSSR count). The van der Waals surface area contributed by atoms with Crippen LogP contribution in [0.3, 0.4) is 0 Å². The minimum Gasteiger partial charge on any atom is -0.300 e. The predicted octanol–water partition coefficient (Wildman–Crippen LogP) is 2.52. The van der Waals surface area contributed by atoms with Gasteiger partial charge >= 0.3 is 0 Å². The first-order valence-electron chi connectivity index (χ1n) is 5.09. The fourth-order valence-electron chi connectivity index (χ4n) is 1.92. The topological polar surface area (TPSA) is 34.1 Å². The van der Waals surface area contributed by atoms with Gasteiger partial charge in [-0.25, -0.2) is 8.78 Å². The van der Waals surface area contributed by atoms with Gasteiger partial charge in [-0.15, -0.1) is 0 Å². The van der Waals surface area contributed by atoms with Crippen molar-refractivity contribution >= 4 is 11.6 Å². The molecule has 84 valence electrons. The number of rotatable bonds is 2. The Morgan fingerprint density at radius 3 is 2.56 bits per heavy atom. The van der Waals surface area contributed by atoms with Gasteiger partial charge in [-0.1, -0.05) is 0 Å². The summed E-state index contributed by atoms with van der Waals surface area (Å²) in [7, 11) is 0. The highest BCUT2D eigenvalue weighted by Gasteiger charge is 2.29. The number of benzene rings is 1. The largest absolute Gasteiger partial charge is 0.300 e. The Bertz CT molecular complexity index is 454. The molecule has 0 heterocycles. The van der Waals surface area contributed by atoms with Crippen LogP contribution in [-0.2, 0) is 4.79 Å². The second-order valence-electron chi connectivity index (χ2n) is 3.97. The van der Waals surface area contributed by atoms with E-state index in [1.165, 1.54) is 6.07 Å². The summed E-state index contributed by atoms with van der Waals surface area (Å²) in [5.74, 6) is -2.59. The molecule has 1 saturated carbocycles. The first-order chi connectivity index (χ1) is 7.58. The number of carbonyl (C=O) groups is 2. The first-order valence-corrected chi connectivity index (χ1v) is 5.09. The lowest BCUT2D eigenvalue weighted by atomic mass is 9.96. The predicted molar refractivity (Wildman–Crippen MR) is 53.0 cm³/mol. The summed E-state index contributed by atoms with van der Waals surface area (Å²) in [6.07, 6.45) is 1.13. The highest BCUT2D eigenvalue weighted by molar-refractivity contribution is 6.01. The van der Waals surface area contributed by atoms with Crippen molar-refractivity contribution in [1.29, 1.82) is 0 Å². The average Bonchev–Trinajstić information content (AvgIpc) is 2.68. The molecule has 1 atom stereocenters. The summed E-state index contributed by atoms with van der Waals surface area (Å²) in [6.45, 7) is 0. The van der Waals surface area contributed by atoms with E-state index in [1.807, 2.05) is 0 Å². The summed E-state index contributed by atoms with van der Waals surface area (Å²) in [6, 6.07) is 3.07. The van der Waals surface area contributed by atoms with Crippen LogP contribution in [0.1, 0.15) is 29.6 Å². The SMILES string of the molecule is O=C1CCC(C(=O)c2ccc(F)c(F)c2)C1. The molecule has 1 aliphatic rings. The molecule has 0 aromatic heterocycles. The minimum absolute atomic E-state index is 0.0564. The van der Waals surface area contributed by atoms with Crippen molar-refractivity contribution in [3.8, 4) is 0 Å². The maximum Gasteiger partial charge on any atom is 0.166 e. The fourth-order valence-corrected chi connectivity index (χ4v) is 1.92. The van der Waals surface area contributed by atoms with Gasteiger partial charge < -0.3 is 0 Å². The standard InChI is InChI=1S/C12H10F2O2/c13-10-4-2-8(6-11(10)14)12(16)7-1-3-9(15)5-7/h2,4,6-7H,1,3,5H2. The molecule has 1 aliphatic carbocycles. The van der Waals surface area contributed by atoms with Crippen molar-refractivity contribution in [1.82, 2.24) is 0 Å². The molecule has 0 N–H and O–H groups in total. The number of hydrogen-bond acceptors (Lipinski definition) is 2. The Morgan fingerprint density at radius 2 is 2.00 bits per heavy atom. The second kappa shape index (κ2) is 4.12. The number of halogens is 2. The van der Waals surface area contributed by atoms with Gasteiger partial charge in [0.2, 0.25) is 0 Å². The molecule has 1 unspecified atom stereocenters. The van der Waals surface area contributed by atoms with Gasteiger partial charge in [-0.2, -0.15) is 0 Å². The number of Topliss-reactive ketones (excluding diaryl/α,β-unsaturated/α-hetero) is 2. The molecular weight excluding hydrogens is 214 g/mol. The van der Waals surface area contributed by atoms with Gasteiger partial charge in [0.1, 0.15) is 5.78 Å². The van der Waals surface area contributed by atoms with Crippen LogP contribution in [0, 0.1) is 17.6 Å². The average molecular weight is 224 g/mol. The quantitative estimate of drug-likeness (QED) is 0.723. The zero-order valence-corrected chi connectivity index (χ0v) is 8.50. The monoisotopic (exact) mass is 224 g/mol. The molecule has 0 aliphatic heterocycles. The number of ketones is 2. The number of hydrogen-bond donors (Lipinski definition) is 0. The van der Waals surface area contributed by atoms with Gasteiger partial charge in [-0.3, -0.25) is 9.59 Å². The number of carbonyl (C=O) groups excluding carboxylic acids is 2. The Morgan fingerprint density at radius 1 is 1.25 bits per heavy atom. The molecule has 1 fully saturated rings. The highest BCUT2D eigenvalue weighted by Crippen LogP contribution is 2.26. The molecule has 0 amide bonds. The Labute approximate surface area is 91.3 Å². The van der Waals surface area contributed by atoms with E-state index in [0.717, 1.165) is 12.1 Å². The maximum absolute atomic E-state index is 12.9. The molecule has 4 heteroatoms. The van der Waals surface area contributed by atoms with E-state index in [9.17, 15) is 18.4 Å². The van der Waals surface area contributed by atoms with E-state index in [1.54, 1.807) is 0 Å². The summed E-state index contributed by atoms with van der Waals surface area (Å²) in [4.78, 5) is 22.8. The van der Waals surface area contributed by atoms with E-state index in [4.69, 9.17) is 0 Å². The van der Waals surface area contributed by atoms with Crippen LogP contribution in [0.25, 0.3) is 0 Å². The zero-order chi connectivity index (χ0) is 11.7. The lowest BCUT2D eigenvalue weighted by Gasteiger charge is -2.06. The fraction of sp³-hybridized carbons (Fsp3) is 0.333. The van der Waals surface area contributed by atoms with Gasteiger partial charge in [0, 0.05) is 24.3 Å². The summed E-state index contributed by atoms with van der Waals surface area (Å²) >= 11 is 0. The molecule has 0 spiro atoms. The van der Waals surface area contributed by atoms with Crippen molar-refractivity contribution in [3.05, 3.63) is 35.4 Å². The molecule has 0 bridgehead atoms. The van der Waals surface area contributed by atoms with E-state index in [2.05, 4.69) is 0 Å². The molecule has 2 nitrogen and oxygen atoms in total. The van der Waals surface area contributed by atoms with Crippen LogP contribution < -0.4 is 0 Å². The van der Waals surface area contributed by atoms with Crippen LogP contribution in [0.2, 0.25) is 0 Å². The zero-order valence-electron chi connectivity index (χ0n) is 8.50. The van der Waals surface area contributed by atoms with E-state index in [-0.39, 0.29) is 29.5 Å². The summed E-state index contributed by atoms with van der Waals surface area (Å²) in [5, 5.41) is 0. The third-order valence-corrected chi connectivity index (χ3v) is 2.82. The van der Waals surface area contributed by atoms with Crippen LogP contribution in [0.5, 0.6) is 0 Å². The van der Waals surface area contributed by atoms with Gasteiger partial charge in [0.05, 0.1) is 0 Å². The summed E-state index contributed by atoms with van der Waals surface area (Å²) in [5.41, 5.74) is 0.138. The second-order valence-corrected chi connectivity index (χ2v) is 3.97. The van der Waals surface area contributed by atoms with Crippen LogP contribution in [0.4, 0.5) is 8.78 Å². The summed E-state index contributed by atoms with van der Waals surface area (Å²) < 4.78 is 25.6. The Balaban J connectivity index is 2.21.